The van der Waals surface area contributed by atoms with Gasteiger partial charge in [0.2, 0.25) is 11.8 Å². The number of amides is 2. The highest BCUT2D eigenvalue weighted by atomic mass is 16.2. The van der Waals surface area contributed by atoms with Crippen LogP contribution >= 0.6 is 0 Å². The molecule has 1 aliphatic heterocycles. The molecule has 2 rings (SSSR count). The molecule has 0 aromatic heterocycles. The van der Waals surface area contributed by atoms with Crippen molar-refractivity contribution in [3.8, 4) is 0 Å². The third-order valence-corrected chi connectivity index (χ3v) is 4.92. The van der Waals surface area contributed by atoms with E-state index in [-0.39, 0.29) is 17.9 Å². The average molecular weight is 345 g/mol. The Balaban J connectivity index is 1.88. The van der Waals surface area contributed by atoms with Crippen LogP contribution in [0.4, 0.5) is 5.69 Å². The van der Waals surface area contributed by atoms with E-state index in [1.807, 2.05) is 19.0 Å². The fourth-order valence-electron chi connectivity index (χ4n) is 3.53. The van der Waals surface area contributed by atoms with Crippen LogP contribution in [0.3, 0.4) is 0 Å². The summed E-state index contributed by atoms with van der Waals surface area (Å²) in [5.74, 6) is 0.546. The van der Waals surface area contributed by atoms with Crippen molar-refractivity contribution in [1.82, 2.24) is 10.2 Å². The van der Waals surface area contributed by atoms with E-state index in [1.165, 1.54) is 5.56 Å². The van der Waals surface area contributed by atoms with Gasteiger partial charge in [0.05, 0.1) is 6.04 Å². The van der Waals surface area contributed by atoms with Crippen molar-refractivity contribution in [2.45, 2.75) is 45.6 Å². The lowest BCUT2D eigenvalue weighted by atomic mass is 9.98. The Morgan fingerprint density at radius 3 is 2.44 bits per heavy atom. The Labute approximate surface area is 151 Å². The average Bonchev–Trinajstić information content (AvgIpc) is 2.95. The summed E-state index contributed by atoms with van der Waals surface area (Å²) in [5.41, 5.74) is 2.34. The molecule has 25 heavy (non-hydrogen) atoms. The minimum atomic E-state index is -0.0126. The summed E-state index contributed by atoms with van der Waals surface area (Å²) in [7, 11) is 4.04. The molecule has 5 nitrogen and oxygen atoms in total. The number of hydrogen-bond acceptors (Lipinski definition) is 3. The fourth-order valence-corrected chi connectivity index (χ4v) is 3.53. The zero-order chi connectivity index (χ0) is 18.4. The van der Waals surface area contributed by atoms with Gasteiger partial charge in [-0.3, -0.25) is 9.59 Å². The number of nitrogens with zero attached hydrogens (tertiary/aromatic N) is 2. The molecule has 2 amide bonds. The van der Waals surface area contributed by atoms with Gasteiger partial charge in [0, 0.05) is 46.2 Å². The lowest BCUT2D eigenvalue weighted by Crippen LogP contribution is -2.39. The molecule has 1 saturated heterocycles. The van der Waals surface area contributed by atoms with Crippen molar-refractivity contribution in [2.24, 2.45) is 5.92 Å². The minimum Gasteiger partial charge on any atom is -0.378 e. The molecule has 1 fully saturated rings. The second kappa shape index (κ2) is 8.88. The highest BCUT2D eigenvalue weighted by Gasteiger charge is 2.34. The number of aryl methyl sites for hydroxylation is 1. The van der Waals surface area contributed by atoms with Gasteiger partial charge in [-0.25, -0.2) is 0 Å². The van der Waals surface area contributed by atoms with Crippen LogP contribution < -0.4 is 10.2 Å². The number of likely N-dealkylation sites (tertiary alicyclic amines) is 1. The van der Waals surface area contributed by atoms with Crippen molar-refractivity contribution in [3.63, 3.8) is 0 Å². The summed E-state index contributed by atoms with van der Waals surface area (Å²) in [4.78, 5) is 28.0. The van der Waals surface area contributed by atoms with E-state index >= 15 is 0 Å². The lowest BCUT2D eigenvalue weighted by molar-refractivity contribution is -0.130. The molecule has 0 spiro atoms. The van der Waals surface area contributed by atoms with E-state index in [0.29, 0.717) is 18.9 Å². The van der Waals surface area contributed by atoms with Crippen LogP contribution in [-0.4, -0.2) is 49.9 Å². The molecule has 1 N–H and O–H groups in total. The fraction of sp³-hybridized carbons (Fsp3) is 0.600. The van der Waals surface area contributed by atoms with Crippen molar-refractivity contribution in [3.05, 3.63) is 29.8 Å². The number of anilines is 1. The predicted octanol–water partition coefficient (Wildman–Crippen LogP) is 2.45. The SMILES string of the molecule is CCC[C@@H]1CN(C(=O)CCc2ccc(N(C)C)cc2)C[C@H]1NC(C)=O. The molecule has 0 radical (unpaired) electrons. The third kappa shape index (κ3) is 5.48. The maximum atomic E-state index is 12.6. The third-order valence-electron chi connectivity index (χ3n) is 4.92. The number of carbonyl (C=O) groups excluding carboxylic acids is 2. The molecule has 2 atom stereocenters. The summed E-state index contributed by atoms with van der Waals surface area (Å²) < 4.78 is 0. The van der Waals surface area contributed by atoms with E-state index in [1.54, 1.807) is 6.92 Å². The Morgan fingerprint density at radius 2 is 1.88 bits per heavy atom. The normalized spacial score (nSPS) is 19.8. The number of carbonyl (C=O) groups is 2. The quantitative estimate of drug-likeness (QED) is 0.826. The van der Waals surface area contributed by atoms with Crippen LogP contribution in [-0.2, 0) is 16.0 Å². The molecule has 0 bridgehead atoms. The molecule has 138 valence electrons. The highest BCUT2D eigenvalue weighted by Crippen LogP contribution is 2.23. The van der Waals surface area contributed by atoms with E-state index in [4.69, 9.17) is 0 Å². The van der Waals surface area contributed by atoms with Gasteiger partial charge in [0.25, 0.3) is 0 Å². The molecule has 0 saturated carbocycles. The summed E-state index contributed by atoms with van der Waals surface area (Å²) in [5, 5.41) is 3.01. The van der Waals surface area contributed by atoms with Gasteiger partial charge in [-0.2, -0.15) is 0 Å². The van der Waals surface area contributed by atoms with E-state index in [2.05, 4.69) is 41.4 Å². The molecule has 1 aromatic carbocycles. The number of nitrogens with one attached hydrogen (secondary N) is 1. The van der Waals surface area contributed by atoms with Crippen LogP contribution in [0.1, 0.15) is 38.7 Å². The zero-order valence-corrected chi connectivity index (χ0v) is 15.9. The van der Waals surface area contributed by atoms with Gasteiger partial charge in [-0.15, -0.1) is 0 Å². The second-order valence-corrected chi connectivity index (χ2v) is 7.22. The number of hydrogen-bond donors (Lipinski definition) is 1. The first-order chi connectivity index (χ1) is 11.9. The number of rotatable bonds is 7. The monoisotopic (exact) mass is 345 g/mol. The van der Waals surface area contributed by atoms with Crippen molar-refractivity contribution >= 4 is 17.5 Å². The van der Waals surface area contributed by atoms with Gasteiger partial charge in [0.1, 0.15) is 0 Å². The van der Waals surface area contributed by atoms with E-state index in [0.717, 1.165) is 31.5 Å². The smallest absolute Gasteiger partial charge is 0.222 e. The van der Waals surface area contributed by atoms with Gasteiger partial charge in [-0.1, -0.05) is 25.5 Å². The summed E-state index contributed by atoms with van der Waals surface area (Å²) in [6.07, 6.45) is 3.39. The van der Waals surface area contributed by atoms with Gasteiger partial charge in [-0.05, 0) is 36.5 Å². The first-order valence-corrected chi connectivity index (χ1v) is 9.21. The summed E-state index contributed by atoms with van der Waals surface area (Å²) in [6, 6.07) is 8.44. The highest BCUT2D eigenvalue weighted by molar-refractivity contribution is 5.77. The first-order valence-electron chi connectivity index (χ1n) is 9.21. The molecule has 0 aliphatic carbocycles. The van der Waals surface area contributed by atoms with Crippen LogP contribution in [0.5, 0.6) is 0 Å². The van der Waals surface area contributed by atoms with Crippen molar-refractivity contribution < 1.29 is 9.59 Å². The second-order valence-electron chi connectivity index (χ2n) is 7.22. The van der Waals surface area contributed by atoms with E-state index in [9.17, 15) is 9.59 Å². The Bertz CT molecular complexity index is 583. The van der Waals surface area contributed by atoms with Gasteiger partial charge >= 0.3 is 0 Å². The minimum absolute atomic E-state index is 0.0126. The molecule has 1 aliphatic rings. The Morgan fingerprint density at radius 1 is 1.20 bits per heavy atom. The van der Waals surface area contributed by atoms with Gasteiger partial charge in [0.15, 0.2) is 0 Å². The van der Waals surface area contributed by atoms with Crippen LogP contribution in [0.25, 0.3) is 0 Å². The van der Waals surface area contributed by atoms with E-state index < -0.39 is 0 Å². The zero-order valence-electron chi connectivity index (χ0n) is 15.9. The molecule has 1 aromatic rings. The van der Waals surface area contributed by atoms with Crippen molar-refractivity contribution in [1.29, 1.82) is 0 Å². The summed E-state index contributed by atoms with van der Waals surface area (Å²) >= 11 is 0. The van der Waals surface area contributed by atoms with Crippen molar-refractivity contribution in [2.75, 3.05) is 32.1 Å². The maximum Gasteiger partial charge on any atom is 0.222 e. The molecule has 1 heterocycles. The molecular weight excluding hydrogens is 314 g/mol. The molecular formula is C20H31N3O2. The van der Waals surface area contributed by atoms with Crippen LogP contribution in [0.2, 0.25) is 0 Å². The standard InChI is InChI=1S/C20H31N3O2/c1-5-6-17-13-23(14-19(17)21-15(2)24)20(25)12-9-16-7-10-18(11-8-16)22(3)4/h7-8,10-11,17,19H,5-6,9,12-14H2,1-4H3,(H,21,24)/t17-,19-/m1/s1. The van der Waals surface area contributed by atoms with Crippen LogP contribution in [0.15, 0.2) is 24.3 Å². The van der Waals surface area contributed by atoms with Crippen LogP contribution in [0, 0.1) is 5.92 Å². The predicted molar refractivity (Wildman–Crippen MR) is 102 cm³/mol. The molecule has 0 unspecified atom stereocenters. The first kappa shape index (κ1) is 19.3. The summed E-state index contributed by atoms with van der Waals surface area (Å²) in [6.45, 7) is 5.09. The topological polar surface area (TPSA) is 52.7 Å². The largest absolute Gasteiger partial charge is 0.378 e. The molecule has 5 heteroatoms. The Hall–Kier alpha value is -2.04. The Kier molecular flexibility index (Phi) is 6.85. The lowest BCUT2D eigenvalue weighted by Gasteiger charge is -2.17. The van der Waals surface area contributed by atoms with Gasteiger partial charge < -0.3 is 15.1 Å². The maximum absolute atomic E-state index is 12.6. The number of benzene rings is 1.